The lowest BCUT2D eigenvalue weighted by Crippen LogP contribution is -2.49. The molecule has 0 radical (unpaired) electrons. The molecular weight excluding hydrogens is 260 g/mol. The van der Waals surface area contributed by atoms with E-state index in [4.69, 9.17) is 4.74 Å². The zero-order valence-electron chi connectivity index (χ0n) is 12.6. The van der Waals surface area contributed by atoms with Crippen LogP contribution in [0.2, 0.25) is 0 Å². The quantitative estimate of drug-likeness (QED) is 0.382. The molecule has 0 spiro atoms. The summed E-state index contributed by atoms with van der Waals surface area (Å²) in [6, 6.07) is 0. The fourth-order valence-electron chi connectivity index (χ4n) is 2.21. The number of ether oxygens (including phenoxy) is 1. The van der Waals surface area contributed by atoms with Gasteiger partial charge in [0.25, 0.3) is 0 Å². The summed E-state index contributed by atoms with van der Waals surface area (Å²) in [6.45, 7) is 9.68. The third kappa shape index (κ3) is 6.14. The van der Waals surface area contributed by atoms with Crippen molar-refractivity contribution in [3.8, 4) is 0 Å². The van der Waals surface area contributed by atoms with E-state index in [0.717, 1.165) is 39.1 Å². The summed E-state index contributed by atoms with van der Waals surface area (Å²) in [5.74, 6) is -0.644. The van der Waals surface area contributed by atoms with E-state index in [2.05, 4.69) is 4.90 Å². The SMILES string of the molecule is CC(=O)CC(=O)OCC(C)(C)CN1CCN(C=O)CC1. The lowest BCUT2D eigenvalue weighted by atomic mass is 9.93. The Kier molecular flexibility index (Phi) is 6.13. The fourth-order valence-corrected chi connectivity index (χ4v) is 2.21. The van der Waals surface area contributed by atoms with E-state index in [0.29, 0.717) is 6.61 Å². The van der Waals surface area contributed by atoms with Crippen molar-refractivity contribution in [3.63, 3.8) is 0 Å². The lowest BCUT2D eigenvalue weighted by Gasteiger charge is -2.37. The molecule has 1 fully saturated rings. The molecule has 6 nitrogen and oxygen atoms in total. The van der Waals surface area contributed by atoms with E-state index >= 15 is 0 Å². The van der Waals surface area contributed by atoms with Crippen LogP contribution < -0.4 is 0 Å². The summed E-state index contributed by atoms with van der Waals surface area (Å²) >= 11 is 0. The fraction of sp³-hybridized carbons (Fsp3) is 0.786. The Morgan fingerprint density at radius 3 is 2.30 bits per heavy atom. The normalized spacial score (nSPS) is 16.9. The largest absolute Gasteiger partial charge is 0.465 e. The number of hydrogen-bond acceptors (Lipinski definition) is 5. The molecule has 1 saturated heterocycles. The van der Waals surface area contributed by atoms with Gasteiger partial charge in [-0.2, -0.15) is 0 Å². The average molecular weight is 284 g/mol. The molecule has 1 aliphatic heterocycles. The highest BCUT2D eigenvalue weighted by molar-refractivity contribution is 5.94. The smallest absolute Gasteiger partial charge is 0.313 e. The van der Waals surface area contributed by atoms with Gasteiger partial charge < -0.3 is 9.64 Å². The molecule has 0 aliphatic carbocycles. The summed E-state index contributed by atoms with van der Waals surface area (Å²) in [7, 11) is 0. The monoisotopic (exact) mass is 284 g/mol. The van der Waals surface area contributed by atoms with Crippen molar-refractivity contribution in [1.82, 2.24) is 9.80 Å². The van der Waals surface area contributed by atoms with Crippen molar-refractivity contribution >= 4 is 18.2 Å². The molecule has 114 valence electrons. The maximum atomic E-state index is 11.4. The topological polar surface area (TPSA) is 66.9 Å². The molecule has 0 saturated carbocycles. The molecule has 1 aliphatic rings. The van der Waals surface area contributed by atoms with Crippen LogP contribution in [0.4, 0.5) is 0 Å². The van der Waals surface area contributed by atoms with Crippen LogP contribution in [0.3, 0.4) is 0 Å². The van der Waals surface area contributed by atoms with Gasteiger partial charge in [0.2, 0.25) is 6.41 Å². The van der Waals surface area contributed by atoms with Crippen LogP contribution in [0.15, 0.2) is 0 Å². The molecule has 0 aromatic carbocycles. The van der Waals surface area contributed by atoms with Gasteiger partial charge in [-0.05, 0) is 6.92 Å². The first kappa shape index (κ1) is 16.6. The van der Waals surface area contributed by atoms with Crippen molar-refractivity contribution in [2.24, 2.45) is 5.41 Å². The Morgan fingerprint density at radius 2 is 1.80 bits per heavy atom. The minimum absolute atomic E-state index is 0.159. The number of hydrogen-bond donors (Lipinski definition) is 0. The summed E-state index contributed by atoms with van der Waals surface area (Å²) in [4.78, 5) is 36.8. The van der Waals surface area contributed by atoms with E-state index in [9.17, 15) is 14.4 Å². The van der Waals surface area contributed by atoms with Crippen molar-refractivity contribution < 1.29 is 19.1 Å². The Labute approximate surface area is 120 Å². The summed E-state index contributed by atoms with van der Waals surface area (Å²) in [6.07, 6.45) is 0.722. The number of ketones is 1. The molecule has 0 bridgehead atoms. The first-order chi connectivity index (χ1) is 9.32. The van der Waals surface area contributed by atoms with Crippen molar-refractivity contribution in [2.45, 2.75) is 27.2 Å². The van der Waals surface area contributed by atoms with Gasteiger partial charge in [0.15, 0.2) is 0 Å². The van der Waals surface area contributed by atoms with Crippen LogP contribution >= 0.6 is 0 Å². The maximum absolute atomic E-state index is 11.4. The van der Waals surface area contributed by atoms with Gasteiger partial charge in [0.1, 0.15) is 12.2 Å². The first-order valence-electron chi connectivity index (χ1n) is 6.89. The van der Waals surface area contributed by atoms with Gasteiger partial charge in [-0.1, -0.05) is 13.8 Å². The summed E-state index contributed by atoms with van der Waals surface area (Å²) < 4.78 is 5.15. The van der Waals surface area contributed by atoms with Crippen molar-refractivity contribution in [3.05, 3.63) is 0 Å². The number of piperazine rings is 1. The molecule has 1 rings (SSSR count). The molecule has 6 heteroatoms. The molecular formula is C14H24N2O4. The van der Waals surface area contributed by atoms with Crippen LogP contribution in [0, 0.1) is 5.41 Å². The van der Waals surface area contributed by atoms with Gasteiger partial charge in [-0.15, -0.1) is 0 Å². The van der Waals surface area contributed by atoms with Crippen LogP contribution in [-0.4, -0.2) is 67.3 Å². The van der Waals surface area contributed by atoms with E-state index < -0.39 is 5.97 Å². The lowest BCUT2D eigenvalue weighted by molar-refractivity contribution is -0.149. The molecule has 20 heavy (non-hydrogen) atoms. The van der Waals surface area contributed by atoms with Crippen LogP contribution in [-0.2, 0) is 19.1 Å². The number of Topliss-reactive ketones (excluding diaryl/α,β-unsaturated/α-hetero) is 1. The minimum Gasteiger partial charge on any atom is -0.465 e. The van der Waals surface area contributed by atoms with Gasteiger partial charge in [0, 0.05) is 38.1 Å². The molecule has 0 aromatic rings. The third-order valence-corrected chi connectivity index (χ3v) is 3.22. The third-order valence-electron chi connectivity index (χ3n) is 3.22. The minimum atomic E-state index is -0.462. The number of carbonyl (C=O) groups excluding carboxylic acids is 3. The zero-order valence-corrected chi connectivity index (χ0v) is 12.6. The number of nitrogens with zero attached hydrogens (tertiary/aromatic N) is 2. The van der Waals surface area contributed by atoms with Gasteiger partial charge >= 0.3 is 5.97 Å². The predicted octanol–water partition coefficient (Wildman–Crippen LogP) is 0.309. The van der Waals surface area contributed by atoms with E-state index in [1.807, 2.05) is 13.8 Å². The predicted molar refractivity (Wildman–Crippen MR) is 74.1 cm³/mol. The Balaban J connectivity index is 2.32. The number of esters is 1. The van der Waals surface area contributed by atoms with Gasteiger partial charge in [0.05, 0.1) is 6.61 Å². The highest BCUT2D eigenvalue weighted by Gasteiger charge is 2.26. The van der Waals surface area contributed by atoms with Crippen LogP contribution in [0.5, 0.6) is 0 Å². The highest BCUT2D eigenvalue weighted by Crippen LogP contribution is 2.18. The summed E-state index contributed by atoms with van der Waals surface area (Å²) in [5, 5.41) is 0. The zero-order chi connectivity index (χ0) is 15.2. The number of carbonyl (C=O) groups is 3. The number of amides is 1. The van der Waals surface area contributed by atoms with Crippen molar-refractivity contribution in [1.29, 1.82) is 0 Å². The second-order valence-electron chi connectivity index (χ2n) is 6.12. The summed E-state index contributed by atoms with van der Waals surface area (Å²) in [5.41, 5.74) is -0.171. The van der Waals surface area contributed by atoms with Crippen molar-refractivity contribution in [2.75, 3.05) is 39.3 Å². The molecule has 0 unspecified atom stereocenters. The first-order valence-corrected chi connectivity index (χ1v) is 6.89. The van der Waals surface area contributed by atoms with E-state index in [-0.39, 0.29) is 17.6 Å². The second-order valence-corrected chi connectivity index (χ2v) is 6.12. The maximum Gasteiger partial charge on any atom is 0.313 e. The molecule has 1 heterocycles. The van der Waals surface area contributed by atoms with Gasteiger partial charge in [-0.25, -0.2) is 0 Å². The van der Waals surface area contributed by atoms with E-state index in [1.165, 1.54) is 6.92 Å². The Bertz CT molecular complexity index is 360. The van der Waals surface area contributed by atoms with E-state index in [1.54, 1.807) is 4.90 Å². The second kappa shape index (κ2) is 7.38. The Morgan fingerprint density at radius 1 is 1.20 bits per heavy atom. The van der Waals surface area contributed by atoms with Crippen LogP contribution in [0.25, 0.3) is 0 Å². The Hall–Kier alpha value is -1.43. The van der Waals surface area contributed by atoms with Crippen LogP contribution in [0.1, 0.15) is 27.2 Å². The highest BCUT2D eigenvalue weighted by atomic mass is 16.5. The molecule has 0 aromatic heterocycles. The number of rotatable bonds is 7. The van der Waals surface area contributed by atoms with Gasteiger partial charge in [-0.3, -0.25) is 19.3 Å². The molecule has 1 amide bonds. The standard InChI is InChI=1S/C14H24N2O4/c1-12(18)8-13(19)20-10-14(2,3)9-15-4-6-16(11-17)7-5-15/h11H,4-10H2,1-3H3. The molecule has 0 atom stereocenters. The molecule has 0 N–H and O–H groups in total. The average Bonchev–Trinajstić information content (AvgIpc) is 2.36.